The van der Waals surface area contributed by atoms with Gasteiger partial charge >= 0.3 is 35.8 Å². The number of hydrogen-bond donors (Lipinski definition) is 5. The van der Waals surface area contributed by atoms with Crippen LogP contribution >= 0.6 is 46.4 Å². The molecule has 4 aromatic carbocycles. The summed E-state index contributed by atoms with van der Waals surface area (Å²) in [6.45, 7) is 50.8. The van der Waals surface area contributed by atoms with Crippen molar-refractivity contribution in [2.45, 2.75) is 234 Å². The molecular formula is C100H128Cl4N10O17. The van der Waals surface area contributed by atoms with Gasteiger partial charge in [0, 0.05) is 107 Å². The van der Waals surface area contributed by atoms with Crippen LogP contribution in [0.2, 0.25) is 20.1 Å². The number of rotatable bonds is 20. The van der Waals surface area contributed by atoms with Crippen LogP contribution in [0.4, 0.5) is 5.82 Å². The average molecular weight is 1880 g/mol. The Morgan fingerprint density at radius 3 is 0.931 bits per heavy atom. The minimum atomic E-state index is -1.23. The second kappa shape index (κ2) is 44.1. The van der Waals surface area contributed by atoms with Gasteiger partial charge in [-0.2, -0.15) is 0 Å². The fourth-order valence-electron chi connectivity index (χ4n) is 14.1. The average Bonchev–Trinajstić information content (AvgIpc) is 1.67. The van der Waals surface area contributed by atoms with Gasteiger partial charge in [-0.1, -0.05) is 144 Å². The maximum atomic E-state index is 12.9. The van der Waals surface area contributed by atoms with Crippen LogP contribution in [0.1, 0.15) is 255 Å². The zero-order valence-electron chi connectivity index (χ0n) is 80.0. The standard InChI is InChI=1S/C27H34ClN3O4.C24H27ClN2O5.C23H25ClN2O5.C20H25ClN2O3.C5H13N.CH4/c1-15-20(17-9-11-18(28)12-10-17)21(22(25(33)34)35-27(6,7)8)16(2)31-13-19(30-23(15)31)24(32)29-14-26(3,4)5;1-13-18(15-8-10-16(25)11-9-15)19(20(23(29)31-7)32-24(3,4)5)14(2)27-12-17(22(28)30-6)26-21(13)27;1-12-17(14-7-9-15(24)10-8-14)18(19(22(29)30-6)31-23(3,4)5)13(2)26-11-16(21(27)28)25-20(12)26;1-11-15(13-7-9-14(21)10-8-13)16(12(2)23-18(11)22)17(19(24)25-6)26-20(3,4)5;1-5(2,3)4-6;/h9-13,22H,14H2,1-8H3,(H,29,32)(H,33,34);8-12,20H,1-7H3;7-11,19H,1-6H3,(H,27,28);7-10,17H,1-6H3,(H2,22,23);4,6H2,1-3H3;1H4/t22-;20-;19-;17-;;/m0000../s1. The molecule has 0 unspecified atom stereocenters. The van der Waals surface area contributed by atoms with Gasteiger partial charge in [-0.15, -0.1) is 0 Å². The summed E-state index contributed by atoms with van der Waals surface area (Å²) >= 11 is 24.4. The molecule has 7 aromatic heterocycles. The van der Waals surface area contributed by atoms with E-state index in [0.717, 1.165) is 62.2 Å². The van der Waals surface area contributed by atoms with E-state index in [2.05, 4.69) is 46.0 Å². The van der Waals surface area contributed by atoms with Crippen LogP contribution in [0, 0.1) is 66.2 Å². The summed E-state index contributed by atoms with van der Waals surface area (Å²) in [6.07, 6.45) is 0.514. The zero-order valence-corrected chi connectivity index (χ0v) is 83.0. The van der Waals surface area contributed by atoms with Crippen molar-refractivity contribution in [1.82, 2.24) is 38.5 Å². The lowest BCUT2D eigenvalue weighted by atomic mass is 9.91. The van der Waals surface area contributed by atoms with Crippen LogP contribution < -0.4 is 16.8 Å². The Morgan fingerprint density at radius 2 is 0.656 bits per heavy atom. The smallest absolute Gasteiger partial charge is 0.358 e. The van der Waals surface area contributed by atoms with E-state index in [9.17, 15) is 43.8 Å². The second-order valence-corrected chi connectivity index (χ2v) is 39.4. The number of aromatic carboxylic acids is 1. The number of aliphatic carboxylic acids is 1. The maximum absolute atomic E-state index is 12.9. The molecule has 0 bridgehead atoms. The van der Waals surface area contributed by atoms with Gasteiger partial charge in [0.1, 0.15) is 28.5 Å². The predicted molar refractivity (Wildman–Crippen MR) is 517 cm³/mol. The number of nitrogen functional groups attached to an aromatic ring is 1. The fourth-order valence-corrected chi connectivity index (χ4v) is 14.6. The summed E-state index contributed by atoms with van der Waals surface area (Å²) in [7, 11) is 5.29. The molecule has 708 valence electrons. The number of amides is 1. The molecule has 0 aliphatic carbocycles. The van der Waals surface area contributed by atoms with Crippen LogP contribution in [0.25, 0.3) is 61.4 Å². The van der Waals surface area contributed by atoms with Gasteiger partial charge in [-0.05, 0) is 254 Å². The number of fused-ring (bicyclic) bond motifs is 3. The number of nitrogens with zero attached hydrogens (tertiary/aromatic N) is 7. The first-order valence-corrected chi connectivity index (χ1v) is 43.5. The number of benzene rings is 4. The molecule has 0 fully saturated rings. The summed E-state index contributed by atoms with van der Waals surface area (Å²) in [5.74, 6) is -4.20. The number of carbonyl (C=O) groups excluding carboxylic acids is 5. The Hall–Kier alpha value is -10.9. The number of nitrogens with one attached hydrogen (secondary N) is 1. The van der Waals surface area contributed by atoms with E-state index in [4.69, 9.17) is 95.8 Å². The molecule has 31 heteroatoms. The zero-order chi connectivity index (χ0) is 98.0. The Bertz CT molecular complexity index is 5960. The number of pyridine rings is 4. The minimum absolute atomic E-state index is 0. The second-order valence-electron chi connectivity index (χ2n) is 37.6. The SMILES string of the molecule is C.CC(C)(C)CN.COC(=O)[C@@H](OC(C)(C)C)c1c(-c2ccc(Cl)cc2)c(C)c2nc(C(=O)O)cn2c1C.COC(=O)[C@@H](OC(C)(C)C)c1c(C)nc(N)c(C)c1-c1ccc(Cl)cc1.COC(=O)c1cn2c(C)c([C@H](OC(C)(C)C)C(=O)OC)c(-c3ccc(Cl)cc3)c(C)c2n1.Cc1c(-c2ccc(Cl)cc2)c([C@H](OC(C)(C)C)C(=O)O)c(C)n2cc(C(=O)NCC(C)(C)C)nc12. The normalized spacial score (nSPS) is 12.7. The Morgan fingerprint density at radius 1 is 0.389 bits per heavy atom. The molecule has 131 heavy (non-hydrogen) atoms. The highest BCUT2D eigenvalue weighted by Crippen LogP contribution is 2.46. The van der Waals surface area contributed by atoms with Gasteiger partial charge in [-0.25, -0.2) is 48.7 Å². The summed E-state index contributed by atoms with van der Waals surface area (Å²) in [5.41, 5.74) is 25.4. The number of hydrogen-bond acceptors (Lipinski definition) is 21. The van der Waals surface area contributed by atoms with Gasteiger partial charge < -0.3 is 78.1 Å². The lowest BCUT2D eigenvalue weighted by Crippen LogP contribution is -2.32. The summed E-state index contributed by atoms with van der Waals surface area (Å²) in [4.78, 5) is 105. The molecule has 0 saturated carbocycles. The van der Waals surface area contributed by atoms with Gasteiger partial charge in [0.25, 0.3) is 5.91 Å². The van der Waals surface area contributed by atoms with Crippen LogP contribution in [-0.2, 0) is 57.1 Å². The first-order chi connectivity index (χ1) is 60.1. The number of carboxylic acids is 2. The molecule has 27 nitrogen and oxygen atoms in total. The summed E-state index contributed by atoms with van der Waals surface area (Å²) in [6, 6.07) is 29.1. The number of carbonyl (C=O) groups is 7. The number of methoxy groups -OCH3 is 4. The topological polar surface area (TPSA) is 363 Å². The van der Waals surface area contributed by atoms with Crippen molar-refractivity contribution in [3.8, 4) is 44.5 Å². The molecule has 11 rings (SSSR count). The minimum Gasteiger partial charge on any atom is -0.479 e. The van der Waals surface area contributed by atoms with Crippen LogP contribution in [0.3, 0.4) is 0 Å². The van der Waals surface area contributed by atoms with E-state index < -0.39 is 82.6 Å². The van der Waals surface area contributed by atoms with Crippen LogP contribution in [-0.4, -0.2) is 149 Å². The van der Waals surface area contributed by atoms with Gasteiger partial charge in [0.05, 0.1) is 50.8 Å². The molecular weight excluding hydrogens is 1750 g/mol. The quantitative estimate of drug-likeness (QED) is 0.0349. The third kappa shape index (κ3) is 27.9. The third-order valence-electron chi connectivity index (χ3n) is 20.2. The van der Waals surface area contributed by atoms with Crippen molar-refractivity contribution >= 4 is 111 Å². The molecule has 0 radical (unpaired) electrons. The van der Waals surface area contributed by atoms with Crippen molar-refractivity contribution in [2.75, 3.05) is 47.3 Å². The molecule has 0 aliphatic rings. The van der Waals surface area contributed by atoms with E-state index in [1.807, 2.05) is 201 Å². The number of esters is 4. The largest absolute Gasteiger partial charge is 0.479 e. The van der Waals surface area contributed by atoms with E-state index >= 15 is 0 Å². The fraction of sp³-hybridized carbons (Fsp3) is 0.430. The molecule has 0 saturated heterocycles. The number of carboxylic acid groups (broad SMARTS) is 2. The lowest BCUT2D eigenvalue weighted by molar-refractivity contribution is -0.164. The van der Waals surface area contributed by atoms with E-state index in [0.29, 0.717) is 111 Å². The number of aryl methyl sites for hydroxylation is 7. The molecule has 1 amide bonds. The van der Waals surface area contributed by atoms with Crippen molar-refractivity contribution < 1.29 is 81.7 Å². The van der Waals surface area contributed by atoms with E-state index in [-0.39, 0.29) is 35.8 Å². The number of aromatic nitrogens is 7. The van der Waals surface area contributed by atoms with E-state index in [1.165, 1.54) is 34.6 Å². The number of anilines is 1. The molecule has 7 heterocycles. The number of halogens is 4. The maximum Gasteiger partial charge on any atom is 0.358 e. The monoisotopic (exact) mass is 1880 g/mol. The molecule has 11 aromatic rings. The van der Waals surface area contributed by atoms with Crippen molar-refractivity contribution in [3.05, 3.63) is 220 Å². The van der Waals surface area contributed by atoms with Gasteiger partial charge in [0.15, 0.2) is 35.8 Å². The first-order valence-electron chi connectivity index (χ1n) is 42.0. The van der Waals surface area contributed by atoms with Crippen molar-refractivity contribution in [2.24, 2.45) is 16.6 Å². The highest BCUT2D eigenvalue weighted by molar-refractivity contribution is 6.31. The van der Waals surface area contributed by atoms with Crippen LogP contribution in [0.5, 0.6) is 0 Å². The van der Waals surface area contributed by atoms with Crippen LogP contribution in [0.15, 0.2) is 116 Å². The lowest BCUT2D eigenvalue weighted by Gasteiger charge is -2.29. The Kier molecular flexibility index (Phi) is 36.7. The Balaban J connectivity index is 0.000000263. The predicted octanol–water partition coefficient (Wildman–Crippen LogP) is 22.3. The Labute approximate surface area is 788 Å². The van der Waals surface area contributed by atoms with Gasteiger partial charge in [0.2, 0.25) is 0 Å². The number of nitrogens with two attached hydrogens (primary N) is 2. The summed E-state index contributed by atoms with van der Waals surface area (Å²) in [5, 5.41) is 24.9. The van der Waals surface area contributed by atoms with Crippen molar-refractivity contribution in [1.29, 1.82) is 0 Å². The first kappa shape index (κ1) is 109. The number of ether oxygens (including phenoxy) is 8. The molecule has 0 spiro atoms. The highest BCUT2D eigenvalue weighted by atomic mass is 35.5. The van der Waals surface area contributed by atoms with Crippen molar-refractivity contribution in [3.63, 3.8) is 0 Å². The molecule has 4 atom stereocenters. The van der Waals surface area contributed by atoms with E-state index in [1.54, 1.807) is 81.1 Å². The molecule has 0 aliphatic heterocycles. The summed E-state index contributed by atoms with van der Waals surface area (Å²) < 4.78 is 49.7. The molecule has 7 N–H and O–H groups in total. The van der Waals surface area contributed by atoms with Gasteiger partial charge in [-0.3, -0.25) is 4.79 Å². The third-order valence-corrected chi connectivity index (χ3v) is 21.2. The number of imidazole rings is 3. The highest BCUT2D eigenvalue weighted by Gasteiger charge is 2.40.